The first-order valence-electron chi connectivity index (χ1n) is 12.6. The number of nitrogens with one attached hydrogen (secondary N) is 1. The molecule has 3 amide bonds. The van der Waals surface area contributed by atoms with E-state index in [1.165, 1.54) is 11.3 Å². The highest BCUT2D eigenvalue weighted by atomic mass is 32.1. The number of aromatic nitrogens is 1. The normalized spacial score (nSPS) is 16.0. The minimum Gasteiger partial charge on any atom is -0.351 e. The van der Waals surface area contributed by atoms with Crippen molar-refractivity contribution in [1.82, 2.24) is 25.0 Å². The number of carbonyl (C=O) groups excluding carboxylic acids is 3. The summed E-state index contributed by atoms with van der Waals surface area (Å²) in [6.07, 6.45) is 1.92. The Bertz CT molecular complexity index is 1340. The Balaban J connectivity index is 1.12. The highest BCUT2D eigenvalue weighted by molar-refractivity contribution is 7.11. The largest absolute Gasteiger partial charge is 0.351 e. The third-order valence-corrected chi connectivity index (χ3v) is 7.76. The Labute approximate surface area is 225 Å². The van der Waals surface area contributed by atoms with Crippen molar-refractivity contribution >= 4 is 29.1 Å². The van der Waals surface area contributed by atoms with Crippen LogP contribution in [0.4, 0.5) is 0 Å². The number of hydrogen-bond donors (Lipinski definition) is 1. The zero-order chi connectivity index (χ0) is 26.5. The van der Waals surface area contributed by atoms with Crippen LogP contribution in [0.3, 0.4) is 0 Å². The average molecular weight is 529 g/mol. The topological polar surface area (TPSA) is 110 Å². The summed E-state index contributed by atoms with van der Waals surface area (Å²) in [5.74, 6) is -0.205. The van der Waals surface area contributed by atoms with Gasteiger partial charge in [-0.1, -0.05) is 24.3 Å². The maximum Gasteiger partial charge on any atom is 0.282 e. The fourth-order valence-corrected chi connectivity index (χ4v) is 5.37. The molecule has 38 heavy (non-hydrogen) atoms. The second kappa shape index (κ2) is 11.5. The molecule has 9 nitrogen and oxygen atoms in total. The molecule has 0 unspecified atom stereocenters. The van der Waals surface area contributed by atoms with Crippen LogP contribution in [0.1, 0.15) is 36.9 Å². The predicted molar refractivity (Wildman–Crippen MR) is 144 cm³/mol. The summed E-state index contributed by atoms with van der Waals surface area (Å²) in [7, 11) is 0. The highest BCUT2D eigenvalue weighted by Crippen LogP contribution is 2.24. The van der Waals surface area contributed by atoms with Gasteiger partial charge < -0.3 is 15.1 Å². The Morgan fingerprint density at radius 3 is 2.39 bits per heavy atom. The molecule has 0 radical (unpaired) electrons. The molecule has 5 rings (SSSR count). The quantitative estimate of drug-likeness (QED) is 0.473. The lowest BCUT2D eigenvalue weighted by Crippen LogP contribution is -2.64. The van der Waals surface area contributed by atoms with E-state index in [0.29, 0.717) is 54.9 Å². The van der Waals surface area contributed by atoms with Crippen molar-refractivity contribution in [2.45, 2.75) is 12.5 Å². The lowest BCUT2D eigenvalue weighted by atomic mass is 10.00. The standard InChI is InChI=1S/C28H28N6O3S/c29-9-2-10-30-25(35)23-4-1-3-22(17-23)20-5-7-21(8-6-20)27(36)34-18-24(19-34)32-12-14-33(15-13-32)28(37)26-31-11-16-38-26/h1,3-8,11,16-17,24H,2,10,12-15,18-19H2,(H,30,35). The number of nitrogens with zero attached hydrogens (tertiary/aromatic N) is 5. The smallest absolute Gasteiger partial charge is 0.282 e. The number of nitriles is 1. The molecular formula is C28H28N6O3S. The van der Waals surface area contributed by atoms with E-state index in [2.05, 4.69) is 15.2 Å². The molecule has 0 saturated carbocycles. The van der Waals surface area contributed by atoms with Gasteiger partial charge in [0.25, 0.3) is 17.7 Å². The van der Waals surface area contributed by atoms with Gasteiger partial charge in [-0.25, -0.2) is 4.98 Å². The fourth-order valence-electron chi connectivity index (χ4n) is 4.77. The number of hydrogen-bond acceptors (Lipinski definition) is 7. The van der Waals surface area contributed by atoms with E-state index in [-0.39, 0.29) is 24.1 Å². The summed E-state index contributed by atoms with van der Waals surface area (Å²) in [5, 5.41) is 13.7. The van der Waals surface area contributed by atoms with Crippen molar-refractivity contribution in [3.63, 3.8) is 0 Å². The van der Waals surface area contributed by atoms with Crippen molar-refractivity contribution in [2.24, 2.45) is 0 Å². The molecule has 10 heteroatoms. The van der Waals surface area contributed by atoms with Crippen molar-refractivity contribution in [1.29, 1.82) is 5.26 Å². The molecule has 0 aliphatic carbocycles. The lowest BCUT2D eigenvalue weighted by Gasteiger charge is -2.48. The van der Waals surface area contributed by atoms with Crippen molar-refractivity contribution in [3.05, 3.63) is 76.2 Å². The van der Waals surface area contributed by atoms with E-state index in [1.807, 2.05) is 63.7 Å². The Morgan fingerprint density at radius 1 is 0.947 bits per heavy atom. The van der Waals surface area contributed by atoms with Gasteiger partial charge in [0.05, 0.1) is 12.5 Å². The van der Waals surface area contributed by atoms with Crippen LogP contribution in [0.5, 0.6) is 0 Å². The van der Waals surface area contributed by atoms with E-state index in [1.54, 1.807) is 12.3 Å². The predicted octanol–water partition coefficient (Wildman–Crippen LogP) is 2.74. The first kappa shape index (κ1) is 25.6. The molecule has 3 heterocycles. The van der Waals surface area contributed by atoms with Crippen molar-refractivity contribution in [3.8, 4) is 17.2 Å². The maximum absolute atomic E-state index is 13.0. The van der Waals surface area contributed by atoms with Crippen LogP contribution in [0.25, 0.3) is 11.1 Å². The third-order valence-electron chi connectivity index (χ3n) is 6.99. The molecule has 2 aliphatic rings. The fraction of sp³-hybridized carbons (Fsp3) is 0.321. The van der Waals surface area contributed by atoms with Crippen molar-refractivity contribution in [2.75, 3.05) is 45.8 Å². The zero-order valence-corrected chi connectivity index (χ0v) is 21.7. The Kier molecular flexibility index (Phi) is 7.77. The second-order valence-electron chi connectivity index (χ2n) is 9.35. The molecule has 3 aromatic rings. The molecule has 0 bridgehead atoms. The van der Waals surface area contributed by atoms with Gasteiger partial charge in [0, 0.05) is 74.6 Å². The van der Waals surface area contributed by atoms with Crippen LogP contribution in [-0.4, -0.2) is 89.3 Å². The Hall–Kier alpha value is -4.07. The SMILES string of the molecule is N#CCCNC(=O)c1cccc(-c2ccc(C(=O)N3CC(N4CCN(C(=O)c5nccs5)CC4)C3)cc2)c1. The molecule has 2 aromatic carbocycles. The van der Waals surface area contributed by atoms with Crippen LogP contribution in [0.2, 0.25) is 0 Å². The van der Waals surface area contributed by atoms with Crippen LogP contribution in [-0.2, 0) is 0 Å². The highest BCUT2D eigenvalue weighted by Gasteiger charge is 2.37. The number of thiazole rings is 1. The second-order valence-corrected chi connectivity index (χ2v) is 10.2. The van der Waals surface area contributed by atoms with Gasteiger partial charge in [0.2, 0.25) is 0 Å². The summed E-state index contributed by atoms with van der Waals surface area (Å²) in [5.41, 5.74) is 2.96. The number of benzene rings is 2. The Morgan fingerprint density at radius 2 is 1.71 bits per heavy atom. The van der Waals surface area contributed by atoms with E-state index >= 15 is 0 Å². The molecule has 1 aromatic heterocycles. The molecular weight excluding hydrogens is 500 g/mol. The molecule has 194 valence electrons. The number of piperazine rings is 1. The van der Waals surface area contributed by atoms with Crippen LogP contribution in [0, 0.1) is 11.3 Å². The van der Waals surface area contributed by atoms with Gasteiger partial charge >= 0.3 is 0 Å². The van der Waals surface area contributed by atoms with Gasteiger partial charge in [-0.2, -0.15) is 5.26 Å². The number of likely N-dealkylation sites (tertiary alicyclic amines) is 1. The first-order valence-corrected chi connectivity index (χ1v) is 13.5. The summed E-state index contributed by atoms with van der Waals surface area (Å²) in [6.45, 7) is 4.63. The van der Waals surface area contributed by atoms with E-state index in [9.17, 15) is 14.4 Å². The van der Waals surface area contributed by atoms with Crippen LogP contribution >= 0.6 is 11.3 Å². The van der Waals surface area contributed by atoms with Gasteiger partial charge in [-0.05, 0) is 35.4 Å². The summed E-state index contributed by atoms with van der Waals surface area (Å²) in [6, 6.07) is 17.1. The molecule has 1 N–H and O–H groups in total. The minimum atomic E-state index is -0.214. The van der Waals surface area contributed by atoms with E-state index in [0.717, 1.165) is 24.2 Å². The molecule has 0 spiro atoms. The molecule has 2 aliphatic heterocycles. The van der Waals surface area contributed by atoms with Gasteiger partial charge in [0.1, 0.15) is 0 Å². The minimum absolute atomic E-state index is 0.000831. The average Bonchev–Trinajstić information content (AvgIpc) is 3.48. The molecule has 0 atom stereocenters. The van der Waals surface area contributed by atoms with Gasteiger partial charge in [-0.15, -0.1) is 11.3 Å². The first-order chi connectivity index (χ1) is 18.5. The lowest BCUT2D eigenvalue weighted by molar-refractivity contribution is 0.00853. The summed E-state index contributed by atoms with van der Waals surface area (Å²) < 4.78 is 0. The van der Waals surface area contributed by atoms with E-state index in [4.69, 9.17) is 5.26 Å². The monoisotopic (exact) mass is 528 g/mol. The third kappa shape index (κ3) is 5.59. The number of carbonyl (C=O) groups is 3. The van der Waals surface area contributed by atoms with Gasteiger partial charge in [-0.3, -0.25) is 19.3 Å². The van der Waals surface area contributed by atoms with Crippen molar-refractivity contribution < 1.29 is 14.4 Å². The van der Waals surface area contributed by atoms with Crippen LogP contribution < -0.4 is 5.32 Å². The zero-order valence-electron chi connectivity index (χ0n) is 20.9. The molecule has 2 saturated heterocycles. The number of rotatable bonds is 7. The summed E-state index contributed by atoms with van der Waals surface area (Å²) >= 11 is 1.37. The van der Waals surface area contributed by atoms with Gasteiger partial charge in [0.15, 0.2) is 5.01 Å². The summed E-state index contributed by atoms with van der Waals surface area (Å²) in [4.78, 5) is 48.0. The number of amides is 3. The van der Waals surface area contributed by atoms with E-state index < -0.39 is 0 Å². The molecule has 2 fully saturated rings. The maximum atomic E-state index is 13.0. The van der Waals surface area contributed by atoms with Crippen LogP contribution in [0.15, 0.2) is 60.1 Å².